The molecule has 1 aromatic carbocycles. The largest absolute Gasteiger partial charge is 0.352 e. The van der Waals surface area contributed by atoms with Gasteiger partial charge in [-0.1, -0.05) is 30.3 Å². The summed E-state index contributed by atoms with van der Waals surface area (Å²) in [5.74, 6) is 0.560. The van der Waals surface area contributed by atoms with Crippen LogP contribution in [0.5, 0.6) is 0 Å². The van der Waals surface area contributed by atoms with Crippen molar-refractivity contribution in [1.29, 1.82) is 0 Å². The van der Waals surface area contributed by atoms with Gasteiger partial charge in [-0.2, -0.15) is 0 Å². The lowest BCUT2D eigenvalue weighted by atomic mass is 10.1. The first-order valence-corrected chi connectivity index (χ1v) is 8.67. The highest BCUT2D eigenvalue weighted by molar-refractivity contribution is 5.95. The maximum absolute atomic E-state index is 12.3. The Bertz CT molecular complexity index is 672. The van der Waals surface area contributed by atoms with Gasteiger partial charge in [-0.25, -0.2) is 0 Å². The molecule has 1 atom stereocenters. The molecule has 24 heavy (non-hydrogen) atoms. The van der Waals surface area contributed by atoms with Crippen molar-refractivity contribution >= 4 is 5.91 Å². The molecule has 1 aliphatic heterocycles. The third-order valence-corrected chi connectivity index (χ3v) is 4.75. The molecule has 1 aliphatic rings. The number of hydrogen-bond donors (Lipinski definition) is 1. The molecule has 0 bridgehead atoms. The third kappa shape index (κ3) is 4.42. The molecule has 0 saturated carbocycles. The van der Waals surface area contributed by atoms with Crippen molar-refractivity contribution < 1.29 is 4.79 Å². The number of nitrogens with one attached hydrogen (secondary N) is 1. The zero-order valence-electron chi connectivity index (χ0n) is 14.2. The van der Waals surface area contributed by atoms with Crippen LogP contribution in [0.25, 0.3) is 0 Å². The van der Waals surface area contributed by atoms with Crippen molar-refractivity contribution in [2.75, 3.05) is 26.2 Å². The summed E-state index contributed by atoms with van der Waals surface area (Å²) in [7, 11) is 0. The van der Waals surface area contributed by atoms with E-state index in [4.69, 9.17) is 0 Å². The van der Waals surface area contributed by atoms with Gasteiger partial charge >= 0.3 is 0 Å². The highest BCUT2D eigenvalue weighted by atomic mass is 16.1. The number of nitrogens with zero attached hydrogens (tertiary/aromatic N) is 2. The predicted molar refractivity (Wildman–Crippen MR) is 96.0 cm³/mol. The fraction of sp³-hybridized carbons (Fsp3) is 0.400. The van der Waals surface area contributed by atoms with Gasteiger partial charge in [0, 0.05) is 37.6 Å². The van der Waals surface area contributed by atoms with Crippen LogP contribution in [0.3, 0.4) is 0 Å². The van der Waals surface area contributed by atoms with Crippen molar-refractivity contribution in [2.45, 2.75) is 19.8 Å². The fourth-order valence-electron chi connectivity index (χ4n) is 3.27. The first-order chi connectivity index (χ1) is 11.7. The van der Waals surface area contributed by atoms with E-state index in [9.17, 15) is 4.79 Å². The molecular weight excluding hydrogens is 298 g/mol. The Labute approximate surface area is 143 Å². The molecule has 1 N–H and O–H groups in total. The lowest BCUT2D eigenvalue weighted by Crippen LogP contribution is -2.31. The van der Waals surface area contributed by atoms with Crippen molar-refractivity contribution in [3.8, 4) is 0 Å². The maximum atomic E-state index is 12.3. The zero-order chi connectivity index (χ0) is 16.8. The van der Waals surface area contributed by atoms with Crippen LogP contribution in [0.2, 0.25) is 0 Å². The van der Waals surface area contributed by atoms with Gasteiger partial charge in [-0.05, 0) is 49.4 Å². The number of aromatic nitrogens is 1. The van der Waals surface area contributed by atoms with Gasteiger partial charge in [0.1, 0.15) is 0 Å². The lowest BCUT2D eigenvalue weighted by molar-refractivity contribution is 0.0946. The predicted octanol–water partition coefficient (Wildman–Crippen LogP) is 2.68. The monoisotopic (exact) mass is 323 g/mol. The molecule has 0 aliphatic carbocycles. The minimum atomic E-state index is 0.0117. The average molecular weight is 323 g/mol. The zero-order valence-corrected chi connectivity index (χ0v) is 14.2. The van der Waals surface area contributed by atoms with E-state index in [-0.39, 0.29) is 5.91 Å². The molecule has 0 radical (unpaired) electrons. The lowest BCUT2D eigenvalue weighted by Gasteiger charge is -2.16. The maximum Gasteiger partial charge on any atom is 0.251 e. The molecule has 4 nitrogen and oxygen atoms in total. The summed E-state index contributed by atoms with van der Waals surface area (Å²) >= 11 is 0. The first-order valence-electron chi connectivity index (χ1n) is 8.67. The molecule has 2 heterocycles. The second kappa shape index (κ2) is 8.06. The highest BCUT2D eigenvalue weighted by Crippen LogP contribution is 2.16. The molecule has 3 rings (SSSR count). The van der Waals surface area contributed by atoms with Crippen LogP contribution < -0.4 is 5.32 Å². The quantitative estimate of drug-likeness (QED) is 0.889. The van der Waals surface area contributed by atoms with Gasteiger partial charge < -0.3 is 10.2 Å². The van der Waals surface area contributed by atoms with E-state index in [1.165, 1.54) is 5.56 Å². The molecule has 1 amide bonds. The van der Waals surface area contributed by atoms with Crippen molar-refractivity contribution in [3.05, 3.63) is 65.5 Å². The molecule has 0 unspecified atom stereocenters. The van der Waals surface area contributed by atoms with Crippen molar-refractivity contribution in [3.63, 3.8) is 0 Å². The average Bonchev–Trinajstić information content (AvgIpc) is 3.07. The van der Waals surface area contributed by atoms with Crippen LogP contribution in [-0.4, -0.2) is 42.0 Å². The Hall–Kier alpha value is -2.20. The SMILES string of the molecule is Cc1cnccc1C(=O)NC[C@H]1CCN(CCc2ccccc2)C1. The number of pyridine rings is 1. The smallest absolute Gasteiger partial charge is 0.251 e. The van der Waals surface area contributed by atoms with E-state index in [2.05, 4.69) is 45.5 Å². The molecule has 4 heteroatoms. The molecule has 1 saturated heterocycles. The number of amides is 1. The van der Waals surface area contributed by atoms with Gasteiger partial charge in [-0.3, -0.25) is 9.78 Å². The molecule has 2 aromatic rings. The van der Waals surface area contributed by atoms with Gasteiger partial charge in [0.05, 0.1) is 0 Å². The van der Waals surface area contributed by atoms with Crippen molar-refractivity contribution in [2.24, 2.45) is 5.92 Å². The second-order valence-electron chi connectivity index (χ2n) is 6.59. The van der Waals surface area contributed by atoms with Gasteiger partial charge in [0.2, 0.25) is 0 Å². The van der Waals surface area contributed by atoms with E-state index in [0.29, 0.717) is 5.92 Å². The van der Waals surface area contributed by atoms with Gasteiger partial charge in [-0.15, -0.1) is 0 Å². The Morgan fingerprint density at radius 1 is 1.29 bits per heavy atom. The van der Waals surface area contributed by atoms with Crippen LogP contribution in [0.15, 0.2) is 48.8 Å². The summed E-state index contributed by atoms with van der Waals surface area (Å²) in [5, 5.41) is 3.08. The number of carbonyl (C=O) groups excluding carboxylic acids is 1. The number of hydrogen-bond acceptors (Lipinski definition) is 3. The van der Waals surface area contributed by atoms with Gasteiger partial charge in [0.25, 0.3) is 5.91 Å². The highest BCUT2D eigenvalue weighted by Gasteiger charge is 2.22. The van der Waals surface area contributed by atoms with Gasteiger partial charge in [0.15, 0.2) is 0 Å². The van der Waals surface area contributed by atoms with Crippen LogP contribution in [-0.2, 0) is 6.42 Å². The summed E-state index contributed by atoms with van der Waals surface area (Å²) < 4.78 is 0. The normalized spacial score (nSPS) is 17.8. The molecule has 0 spiro atoms. The Morgan fingerprint density at radius 3 is 2.92 bits per heavy atom. The summed E-state index contributed by atoms with van der Waals surface area (Å²) in [6.07, 6.45) is 5.65. The number of aryl methyl sites for hydroxylation is 1. The summed E-state index contributed by atoms with van der Waals surface area (Å²) in [5.41, 5.74) is 3.04. The molecular formula is C20H25N3O. The van der Waals surface area contributed by atoms with E-state index in [0.717, 1.165) is 50.1 Å². The summed E-state index contributed by atoms with van der Waals surface area (Å²) in [6, 6.07) is 12.4. The Morgan fingerprint density at radius 2 is 2.12 bits per heavy atom. The summed E-state index contributed by atoms with van der Waals surface area (Å²) in [4.78, 5) is 18.8. The number of carbonyl (C=O) groups is 1. The molecule has 126 valence electrons. The van der Waals surface area contributed by atoms with E-state index < -0.39 is 0 Å². The van der Waals surface area contributed by atoms with Crippen LogP contribution >= 0.6 is 0 Å². The minimum Gasteiger partial charge on any atom is -0.352 e. The minimum absolute atomic E-state index is 0.0117. The Kier molecular flexibility index (Phi) is 5.59. The standard InChI is InChI=1S/C20H25N3O/c1-16-13-21-10-7-19(16)20(24)22-14-18-9-12-23(15-18)11-8-17-5-3-2-4-6-17/h2-7,10,13,18H,8-9,11-12,14-15H2,1H3,(H,22,24)/t18-/m1/s1. The first kappa shape index (κ1) is 16.7. The number of benzene rings is 1. The van der Waals surface area contributed by atoms with E-state index in [1.54, 1.807) is 18.5 Å². The number of rotatable bonds is 6. The molecule has 1 aromatic heterocycles. The topological polar surface area (TPSA) is 45.2 Å². The number of likely N-dealkylation sites (tertiary alicyclic amines) is 1. The summed E-state index contributed by atoms with van der Waals surface area (Å²) in [6.45, 7) is 5.97. The van der Waals surface area contributed by atoms with E-state index >= 15 is 0 Å². The van der Waals surface area contributed by atoms with Crippen molar-refractivity contribution in [1.82, 2.24) is 15.2 Å². The van der Waals surface area contributed by atoms with Crippen LogP contribution in [0.4, 0.5) is 0 Å². The van der Waals surface area contributed by atoms with E-state index in [1.807, 2.05) is 6.92 Å². The second-order valence-corrected chi connectivity index (χ2v) is 6.59. The van der Waals surface area contributed by atoms with Crippen LogP contribution in [0, 0.1) is 12.8 Å². The van der Waals surface area contributed by atoms with Crippen LogP contribution in [0.1, 0.15) is 27.9 Å². The molecule has 1 fully saturated rings. The fourth-order valence-corrected chi connectivity index (χ4v) is 3.27. The Balaban J connectivity index is 1.42. The third-order valence-electron chi connectivity index (χ3n) is 4.75.